The molecule has 0 unspecified atom stereocenters. The molecule has 3 aromatic rings. The first-order valence-corrected chi connectivity index (χ1v) is 11.8. The molecule has 0 spiro atoms. The smallest absolute Gasteiger partial charge is 0.330 e. The van der Waals surface area contributed by atoms with Crippen molar-refractivity contribution >= 4 is 11.8 Å². The van der Waals surface area contributed by atoms with E-state index in [1.54, 1.807) is 11.8 Å². The quantitative estimate of drug-likeness (QED) is 0.336. The summed E-state index contributed by atoms with van der Waals surface area (Å²) in [5, 5.41) is 0. The molecule has 0 amide bonds. The lowest BCUT2D eigenvalue weighted by Crippen LogP contribution is -2.36. The summed E-state index contributed by atoms with van der Waals surface area (Å²) in [6.07, 6.45) is 3.03. The number of thioether (sulfide) groups is 1. The lowest BCUT2D eigenvalue weighted by atomic mass is 10.0. The van der Waals surface area contributed by atoms with E-state index < -0.39 is 5.69 Å². The number of aryl methyl sites for hydroxylation is 2. The summed E-state index contributed by atoms with van der Waals surface area (Å²) in [5.74, 6) is 6.14. The van der Waals surface area contributed by atoms with Gasteiger partial charge in [-0.3, -0.25) is 14.3 Å². The van der Waals surface area contributed by atoms with Crippen molar-refractivity contribution in [2.75, 3.05) is 12.9 Å². The zero-order valence-corrected chi connectivity index (χ0v) is 19.8. The van der Waals surface area contributed by atoms with Gasteiger partial charge in [-0.05, 0) is 44.2 Å². The fraction of sp³-hybridized carbons (Fsp3) is 0.308. The second-order valence-electron chi connectivity index (χ2n) is 7.62. The van der Waals surface area contributed by atoms with Crippen LogP contribution in [0.15, 0.2) is 56.9 Å². The molecule has 0 radical (unpaired) electrons. The summed E-state index contributed by atoms with van der Waals surface area (Å²) in [6, 6.07) is 14.2. The second kappa shape index (κ2) is 11.0. The lowest BCUT2D eigenvalue weighted by Gasteiger charge is -2.16. The largest absolute Gasteiger partial charge is 0.348 e. The van der Waals surface area contributed by atoms with Gasteiger partial charge in [0.25, 0.3) is 5.56 Å². The van der Waals surface area contributed by atoms with Gasteiger partial charge in [-0.15, -0.1) is 11.8 Å². The molecule has 2 aromatic carbocycles. The number of rotatable bonds is 7. The van der Waals surface area contributed by atoms with Crippen LogP contribution in [0.2, 0.25) is 0 Å². The standard InChI is InChI=1S/C26H28N2O3S/c1-5-22-23(16-20-14-18(2)13-19(3)15-20)28(26(30)27-25(22)29)17-31-12-8-10-21-9-6-7-11-24(21)32-4/h6-7,9,11,13-15H,5,12,16-17H2,1-4H3,(H,27,29,30). The van der Waals surface area contributed by atoms with Crippen LogP contribution in [0.1, 0.15) is 40.4 Å². The number of hydrogen-bond acceptors (Lipinski definition) is 4. The van der Waals surface area contributed by atoms with Crippen LogP contribution in [0, 0.1) is 25.7 Å². The average Bonchev–Trinajstić information content (AvgIpc) is 2.75. The summed E-state index contributed by atoms with van der Waals surface area (Å²) in [4.78, 5) is 28.6. The van der Waals surface area contributed by atoms with E-state index in [1.807, 2.05) is 51.3 Å². The van der Waals surface area contributed by atoms with Crippen molar-refractivity contribution in [3.05, 3.63) is 96.8 Å². The lowest BCUT2D eigenvalue weighted by molar-refractivity contribution is 0.0980. The molecule has 0 fully saturated rings. The number of aromatic amines is 1. The molecule has 0 aliphatic heterocycles. The van der Waals surface area contributed by atoms with Gasteiger partial charge in [-0.2, -0.15) is 0 Å². The Morgan fingerprint density at radius 2 is 1.81 bits per heavy atom. The van der Waals surface area contributed by atoms with Crippen molar-refractivity contribution in [2.45, 2.75) is 45.2 Å². The van der Waals surface area contributed by atoms with Crippen LogP contribution >= 0.6 is 11.8 Å². The van der Waals surface area contributed by atoms with Crippen LogP contribution < -0.4 is 11.2 Å². The maximum Gasteiger partial charge on any atom is 0.330 e. The van der Waals surface area contributed by atoms with Crippen LogP contribution in [0.4, 0.5) is 0 Å². The van der Waals surface area contributed by atoms with Gasteiger partial charge in [0.15, 0.2) is 0 Å². The highest BCUT2D eigenvalue weighted by atomic mass is 32.2. The molecule has 5 nitrogen and oxygen atoms in total. The fourth-order valence-corrected chi connectivity index (χ4v) is 4.35. The zero-order valence-electron chi connectivity index (χ0n) is 19.0. The fourth-order valence-electron chi connectivity index (χ4n) is 3.79. The van der Waals surface area contributed by atoms with Crippen molar-refractivity contribution in [3.8, 4) is 11.8 Å². The van der Waals surface area contributed by atoms with Gasteiger partial charge in [0.1, 0.15) is 13.3 Å². The predicted octanol–water partition coefficient (Wildman–Crippen LogP) is 4.05. The van der Waals surface area contributed by atoms with Crippen LogP contribution in [0.3, 0.4) is 0 Å². The molecule has 0 aliphatic carbocycles. The first-order valence-electron chi connectivity index (χ1n) is 10.5. The Kier molecular flexibility index (Phi) is 8.15. The molecule has 0 saturated heterocycles. The van der Waals surface area contributed by atoms with Gasteiger partial charge in [-0.25, -0.2) is 4.79 Å². The maximum atomic E-state index is 12.6. The Bertz CT molecular complexity index is 1260. The summed E-state index contributed by atoms with van der Waals surface area (Å²) in [6.45, 7) is 6.21. The van der Waals surface area contributed by atoms with E-state index in [0.29, 0.717) is 24.1 Å². The van der Waals surface area contributed by atoms with E-state index in [2.05, 4.69) is 35.0 Å². The molecule has 1 N–H and O–H groups in total. The van der Waals surface area contributed by atoms with Gasteiger partial charge in [0, 0.05) is 28.1 Å². The minimum absolute atomic E-state index is 0.0294. The molecule has 6 heteroatoms. The van der Waals surface area contributed by atoms with Crippen molar-refractivity contribution in [3.63, 3.8) is 0 Å². The maximum absolute atomic E-state index is 12.6. The molecule has 1 aromatic heterocycles. The molecular weight excluding hydrogens is 420 g/mol. The second-order valence-corrected chi connectivity index (χ2v) is 8.47. The van der Waals surface area contributed by atoms with Crippen molar-refractivity contribution < 1.29 is 4.74 Å². The predicted molar refractivity (Wildman–Crippen MR) is 130 cm³/mol. The van der Waals surface area contributed by atoms with Crippen molar-refractivity contribution in [1.82, 2.24) is 9.55 Å². The monoisotopic (exact) mass is 448 g/mol. The van der Waals surface area contributed by atoms with Crippen molar-refractivity contribution in [1.29, 1.82) is 0 Å². The van der Waals surface area contributed by atoms with Gasteiger partial charge < -0.3 is 4.74 Å². The Hall–Kier alpha value is -3.01. The van der Waals surface area contributed by atoms with E-state index >= 15 is 0 Å². The van der Waals surface area contributed by atoms with E-state index in [-0.39, 0.29) is 18.9 Å². The Labute approximate surface area is 192 Å². The topological polar surface area (TPSA) is 64.1 Å². The number of benzene rings is 2. The van der Waals surface area contributed by atoms with Crippen LogP contribution in [-0.4, -0.2) is 22.4 Å². The van der Waals surface area contributed by atoms with E-state index in [4.69, 9.17) is 4.74 Å². The van der Waals surface area contributed by atoms with Gasteiger partial charge in [0.2, 0.25) is 0 Å². The molecule has 0 saturated carbocycles. The summed E-state index contributed by atoms with van der Waals surface area (Å²) in [7, 11) is 0. The molecule has 0 atom stereocenters. The molecule has 32 heavy (non-hydrogen) atoms. The third-order valence-corrected chi connectivity index (χ3v) is 5.94. The minimum Gasteiger partial charge on any atom is -0.348 e. The first kappa shape index (κ1) is 23.6. The highest BCUT2D eigenvalue weighted by Gasteiger charge is 2.14. The summed E-state index contributed by atoms with van der Waals surface area (Å²) < 4.78 is 7.23. The molecule has 166 valence electrons. The minimum atomic E-state index is -0.465. The summed E-state index contributed by atoms with van der Waals surface area (Å²) >= 11 is 1.65. The highest BCUT2D eigenvalue weighted by molar-refractivity contribution is 7.98. The molecular formula is C26H28N2O3S. The third-order valence-electron chi connectivity index (χ3n) is 5.15. The SMILES string of the molecule is CCc1c(Cc2cc(C)cc(C)c2)n(COCC#Cc2ccccc2SC)c(=O)[nH]c1=O. The normalized spacial score (nSPS) is 10.6. The zero-order chi connectivity index (χ0) is 23.1. The first-order chi connectivity index (χ1) is 15.4. The third kappa shape index (κ3) is 5.82. The number of nitrogens with one attached hydrogen (secondary N) is 1. The molecule has 0 bridgehead atoms. The summed E-state index contributed by atoms with van der Waals surface area (Å²) in [5.41, 5.74) is 4.80. The molecule has 3 rings (SSSR count). The molecule has 1 heterocycles. The molecule has 0 aliphatic rings. The number of nitrogens with zero attached hydrogens (tertiary/aromatic N) is 1. The van der Waals surface area contributed by atoms with Gasteiger partial charge in [-0.1, -0.05) is 60.2 Å². The Morgan fingerprint density at radius 3 is 2.50 bits per heavy atom. The Balaban J connectivity index is 1.84. The van der Waals surface area contributed by atoms with Gasteiger partial charge >= 0.3 is 5.69 Å². The van der Waals surface area contributed by atoms with Crippen LogP contribution in [0.5, 0.6) is 0 Å². The van der Waals surface area contributed by atoms with E-state index in [1.165, 1.54) is 4.57 Å². The average molecular weight is 449 g/mol. The van der Waals surface area contributed by atoms with E-state index in [0.717, 1.165) is 27.1 Å². The number of ether oxygens (including phenoxy) is 1. The Morgan fingerprint density at radius 1 is 1.09 bits per heavy atom. The van der Waals surface area contributed by atoms with Crippen molar-refractivity contribution in [2.24, 2.45) is 0 Å². The van der Waals surface area contributed by atoms with E-state index in [9.17, 15) is 9.59 Å². The number of hydrogen-bond donors (Lipinski definition) is 1. The number of H-pyrrole nitrogens is 1. The van der Waals surface area contributed by atoms with Gasteiger partial charge in [0.05, 0.1) is 0 Å². The number of aromatic nitrogens is 2. The highest BCUT2D eigenvalue weighted by Crippen LogP contribution is 2.18. The van der Waals surface area contributed by atoms with Crippen LogP contribution in [0.25, 0.3) is 0 Å². The van der Waals surface area contributed by atoms with Crippen LogP contribution in [-0.2, 0) is 24.3 Å².